The van der Waals surface area contributed by atoms with E-state index in [1.54, 1.807) is 6.07 Å². The van der Waals surface area contributed by atoms with Crippen molar-refractivity contribution in [1.29, 1.82) is 0 Å². The Hall–Kier alpha value is -1.18. The van der Waals surface area contributed by atoms with Gasteiger partial charge in [-0.3, -0.25) is 0 Å². The molecule has 0 saturated carbocycles. The van der Waals surface area contributed by atoms with Crippen molar-refractivity contribution >= 4 is 15.8 Å². The van der Waals surface area contributed by atoms with Gasteiger partial charge in [-0.05, 0) is 31.9 Å². The maximum Gasteiger partial charge on any atom is 0.247 e. The number of pyridine rings is 1. The van der Waals surface area contributed by atoms with Gasteiger partial charge in [0, 0.05) is 18.8 Å². The molecule has 3 N–H and O–H groups in total. The zero-order valence-electron chi connectivity index (χ0n) is 11.8. The number of nitrogens with one attached hydrogen (secondary N) is 1. The predicted octanol–water partition coefficient (Wildman–Crippen LogP) is 1.42. The average molecular weight is 286 g/mol. The van der Waals surface area contributed by atoms with Crippen molar-refractivity contribution in [3.05, 3.63) is 18.3 Å². The number of aromatic nitrogens is 1. The van der Waals surface area contributed by atoms with E-state index in [9.17, 15) is 8.42 Å². The Balaban J connectivity index is 3.27. The lowest BCUT2D eigenvalue weighted by Gasteiger charge is -2.28. The Labute approximate surface area is 115 Å². The number of hydrogen-bond acceptors (Lipinski definition) is 5. The second kappa shape index (κ2) is 6.31. The molecule has 0 aromatic carbocycles. The van der Waals surface area contributed by atoms with E-state index in [0.717, 1.165) is 0 Å². The van der Waals surface area contributed by atoms with Crippen LogP contribution in [0.5, 0.6) is 0 Å². The van der Waals surface area contributed by atoms with Gasteiger partial charge in [0.1, 0.15) is 4.90 Å². The lowest BCUT2D eigenvalue weighted by molar-refractivity contribution is 0.319. The first kappa shape index (κ1) is 15.9. The van der Waals surface area contributed by atoms with Crippen LogP contribution in [0.25, 0.3) is 0 Å². The smallest absolute Gasteiger partial charge is 0.247 e. The minimum Gasteiger partial charge on any atom is -0.307 e. The third kappa shape index (κ3) is 3.65. The third-order valence-corrected chi connectivity index (χ3v) is 4.69. The number of nitrogens with zero attached hydrogens (tertiary/aromatic N) is 2. The van der Waals surface area contributed by atoms with Gasteiger partial charge in [0.2, 0.25) is 10.0 Å². The summed E-state index contributed by atoms with van der Waals surface area (Å²) in [6.45, 7) is 8.13. The summed E-state index contributed by atoms with van der Waals surface area (Å²) in [5.41, 5.74) is 2.33. The van der Waals surface area contributed by atoms with Crippen molar-refractivity contribution in [1.82, 2.24) is 9.29 Å². The summed E-state index contributed by atoms with van der Waals surface area (Å²) in [5, 5.41) is 0. The Bertz CT molecular complexity index is 514. The molecule has 0 aliphatic heterocycles. The molecule has 0 aliphatic carbocycles. The first-order valence-corrected chi connectivity index (χ1v) is 7.68. The highest BCUT2D eigenvalue weighted by Gasteiger charge is 2.30. The van der Waals surface area contributed by atoms with Crippen molar-refractivity contribution in [2.24, 2.45) is 11.8 Å². The highest BCUT2D eigenvalue weighted by Crippen LogP contribution is 2.24. The second-order valence-corrected chi connectivity index (χ2v) is 6.92. The van der Waals surface area contributed by atoms with Crippen LogP contribution in [0.2, 0.25) is 0 Å². The van der Waals surface area contributed by atoms with Gasteiger partial charge in [0.25, 0.3) is 0 Å². The average Bonchev–Trinajstić information content (AvgIpc) is 2.35. The number of hydrogen-bond donors (Lipinski definition) is 2. The van der Waals surface area contributed by atoms with Gasteiger partial charge >= 0.3 is 0 Å². The minimum absolute atomic E-state index is 0.104. The monoisotopic (exact) mass is 286 g/mol. The van der Waals surface area contributed by atoms with Crippen LogP contribution in [0.4, 0.5) is 5.82 Å². The summed E-state index contributed by atoms with van der Waals surface area (Å²) in [5.74, 6) is 5.73. The number of hydrazine groups is 1. The fourth-order valence-electron chi connectivity index (χ4n) is 1.78. The van der Waals surface area contributed by atoms with Gasteiger partial charge in [-0.25, -0.2) is 19.2 Å². The van der Waals surface area contributed by atoms with Crippen LogP contribution in [0.3, 0.4) is 0 Å². The van der Waals surface area contributed by atoms with Crippen LogP contribution in [0, 0.1) is 5.92 Å². The fourth-order valence-corrected chi connectivity index (χ4v) is 3.69. The second-order valence-electron chi connectivity index (χ2n) is 5.06. The Morgan fingerprint density at radius 3 is 2.47 bits per heavy atom. The van der Waals surface area contributed by atoms with E-state index < -0.39 is 10.0 Å². The molecular formula is C12H22N4O2S. The molecule has 7 heteroatoms. The fraction of sp³-hybridized carbons (Fsp3) is 0.583. The molecule has 0 unspecified atom stereocenters. The van der Waals surface area contributed by atoms with E-state index >= 15 is 0 Å². The molecule has 1 aromatic heterocycles. The summed E-state index contributed by atoms with van der Waals surface area (Å²) >= 11 is 0. The maximum atomic E-state index is 12.7. The van der Waals surface area contributed by atoms with Gasteiger partial charge in [-0.2, -0.15) is 4.31 Å². The summed E-state index contributed by atoms with van der Waals surface area (Å²) in [4.78, 5) is 4.05. The Morgan fingerprint density at radius 1 is 1.37 bits per heavy atom. The van der Waals surface area contributed by atoms with Crippen LogP contribution in [-0.2, 0) is 10.0 Å². The van der Waals surface area contributed by atoms with Crippen LogP contribution in [0.15, 0.2) is 23.2 Å². The van der Waals surface area contributed by atoms with Crippen molar-refractivity contribution in [2.45, 2.75) is 38.6 Å². The topological polar surface area (TPSA) is 88.3 Å². The number of nitrogen functional groups attached to an aromatic ring is 1. The lowest BCUT2D eigenvalue weighted by atomic mass is 10.2. The molecule has 0 radical (unpaired) electrons. The van der Waals surface area contributed by atoms with Crippen LogP contribution in [-0.4, -0.2) is 30.3 Å². The molecular weight excluding hydrogens is 264 g/mol. The van der Waals surface area contributed by atoms with E-state index in [2.05, 4.69) is 10.4 Å². The molecule has 0 bridgehead atoms. The van der Waals surface area contributed by atoms with E-state index in [4.69, 9.17) is 5.84 Å². The van der Waals surface area contributed by atoms with E-state index in [-0.39, 0.29) is 22.7 Å². The van der Waals surface area contributed by atoms with Gasteiger partial charge in [-0.15, -0.1) is 0 Å². The molecule has 1 aromatic rings. The van der Waals surface area contributed by atoms with Crippen molar-refractivity contribution in [3.63, 3.8) is 0 Å². The molecule has 0 atom stereocenters. The van der Waals surface area contributed by atoms with Crippen molar-refractivity contribution < 1.29 is 8.42 Å². The van der Waals surface area contributed by atoms with E-state index in [1.165, 1.54) is 16.6 Å². The molecule has 0 spiro atoms. The minimum atomic E-state index is -3.61. The molecule has 0 fully saturated rings. The number of anilines is 1. The van der Waals surface area contributed by atoms with Crippen LogP contribution >= 0.6 is 0 Å². The zero-order valence-corrected chi connectivity index (χ0v) is 12.6. The standard InChI is InChI=1S/C12H22N4O2S/c1-9(2)8-16(10(3)4)19(17,18)11-6-5-7-14-12(11)15-13/h5-7,9-10H,8,13H2,1-4H3,(H,14,15). The Morgan fingerprint density at radius 2 is 2.00 bits per heavy atom. The van der Waals surface area contributed by atoms with Crippen molar-refractivity contribution in [3.8, 4) is 0 Å². The first-order valence-electron chi connectivity index (χ1n) is 6.24. The largest absolute Gasteiger partial charge is 0.307 e. The lowest BCUT2D eigenvalue weighted by Crippen LogP contribution is -2.39. The molecule has 1 rings (SSSR count). The molecule has 6 nitrogen and oxygen atoms in total. The number of sulfonamides is 1. The Kier molecular flexibility index (Phi) is 5.28. The first-order chi connectivity index (χ1) is 8.80. The maximum absolute atomic E-state index is 12.7. The zero-order chi connectivity index (χ0) is 14.6. The van der Waals surface area contributed by atoms with Gasteiger partial charge < -0.3 is 5.43 Å². The van der Waals surface area contributed by atoms with Gasteiger partial charge in [-0.1, -0.05) is 13.8 Å². The molecule has 0 aliphatic rings. The number of nitrogens with two attached hydrogens (primary N) is 1. The van der Waals surface area contributed by atoms with Gasteiger partial charge in [0.05, 0.1) is 0 Å². The number of rotatable bonds is 6. The highest BCUT2D eigenvalue weighted by atomic mass is 32.2. The highest BCUT2D eigenvalue weighted by molar-refractivity contribution is 7.89. The summed E-state index contributed by atoms with van der Waals surface area (Å²) in [6, 6.07) is 2.97. The quantitative estimate of drug-likeness (QED) is 0.610. The summed E-state index contributed by atoms with van der Waals surface area (Å²) < 4.78 is 26.8. The molecule has 1 heterocycles. The normalized spacial score (nSPS) is 12.4. The summed E-state index contributed by atoms with van der Waals surface area (Å²) in [6.07, 6.45) is 1.50. The van der Waals surface area contributed by atoms with E-state index in [0.29, 0.717) is 6.54 Å². The van der Waals surface area contributed by atoms with Gasteiger partial charge in [0.15, 0.2) is 5.82 Å². The molecule has 19 heavy (non-hydrogen) atoms. The molecule has 0 amide bonds. The predicted molar refractivity (Wildman–Crippen MR) is 75.9 cm³/mol. The summed E-state index contributed by atoms with van der Waals surface area (Å²) in [7, 11) is -3.61. The van der Waals surface area contributed by atoms with Crippen LogP contribution < -0.4 is 11.3 Å². The molecule has 108 valence electrons. The SMILES string of the molecule is CC(C)CN(C(C)C)S(=O)(=O)c1cccnc1NN. The van der Waals surface area contributed by atoms with Crippen LogP contribution in [0.1, 0.15) is 27.7 Å². The van der Waals surface area contributed by atoms with Crippen molar-refractivity contribution in [2.75, 3.05) is 12.0 Å². The third-order valence-electron chi connectivity index (χ3n) is 2.62. The molecule has 0 saturated heterocycles. The van der Waals surface area contributed by atoms with E-state index in [1.807, 2.05) is 27.7 Å².